The van der Waals surface area contributed by atoms with Gasteiger partial charge in [-0.1, -0.05) is 6.07 Å². The van der Waals surface area contributed by atoms with Crippen LogP contribution < -0.4 is 9.47 Å². The quantitative estimate of drug-likeness (QED) is 0.751. The zero-order chi connectivity index (χ0) is 18.6. The monoisotopic (exact) mass is 371 g/mol. The van der Waals surface area contributed by atoms with E-state index in [-0.39, 0.29) is 11.4 Å². The molecule has 0 aliphatic carbocycles. The van der Waals surface area contributed by atoms with E-state index in [2.05, 4.69) is 0 Å². The third kappa shape index (κ3) is 4.26. The predicted molar refractivity (Wildman–Crippen MR) is 89.4 cm³/mol. The Kier molecular flexibility index (Phi) is 5.97. The van der Waals surface area contributed by atoms with Crippen LogP contribution in [0.3, 0.4) is 0 Å². The predicted octanol–water partition coefficient (Wildman–Crippen LogP) is 2.85. The van der Waals surface area contributed by atoms with E-state index in [0.717, 1.165) is 22.0 Å². The summed E-state index contributed by atoms with van der Waals surface area (Å²) < 4.78 is 62.6. The molecule has 0 saturated carbocycles. The lowest BCUT2D eigenvalue weighted by molar-refractivity contribution is 0.354. The van der Waals surface area contributed by atoms with Crippen molar-refractivity contribution in [3.63, 3.8) is 0 Å². The smallest absolute Gasteiger partial charge is 0.242 e. The molecule has 136 valence electrons. The number of rotatable bonds is 7. The average Bonchev–Trinajstić information content (AvgIpc) is 2.61. The molecule has 25 heavy (non-hydrogen) atoms. The van der Waals surface area contributed by atoms with E-state index >= 15 is 0 Å². The second kappa shape index (κ2) is 7.79. The first kappa shape index (κ1) is 19.1. The second-order valence-electron chi connectivity index (χ2n) is 5.34. The van der Waals surface area contributed by atoms with Crippen molar-refractivity contribution in [2.75, 3.05) is 27.8 Å². The van der Waals surface area contributed by atoms with Gasteiger partial charge in [0.1, 0.15) is 0 Å². The van der Waals surface area contributed by atoms with Crippen LogP contribution in [0.1, 0.15) is 5.56 Å². The molecule has 0 aliphatic rings. The van der Waals surface area contributed by atoms with Crippen molar-refractivity contribution in [3.8, 4) is 11.5 Å². The average molecular weight is 371 g/mol. The highest BCUT2D eigenvalue weighted by atomic mass is 32.2. The lowest BCUT2D eigenvalue weighted by Gasteiger charge is -2.18. The van der Waals surface area contributed by atoms with Crippen molar-refractivity contribution in [1.29, 1.82) is 0 Å². The molecular weight excluding hydrogens is 352 g/mol. The fourth-order valence-electron chi connectivity index (χ4n) is 2.26. The standard InChI is InChI=1S/C17H19F2NO4S/c1-20(25(21,22)13-5-6-14(18)15(19)11-13)9-8-12-4-7-16(23-2)17(10-12)24-3/h4-7,10-11H,8-9H2,1-3H3. The van der Waals surface area contributed by atoms with Crippen molar-refractivity contribution in [2.45, 2.75) is 11.3 Å². The maximum Gasteiger partial charge on any atom is 0.242 e. The minimum atomic E-state index is -3.91. The van der Waals surface area contributed by atoms with E-state index in [1.54, 1.807) is 18.2 Å². The molecule has 2 rings (SSSR count). The van der Waals surface area contributed by atoms with Gasteiger partial charge in [0, 0.05) is 13.6 Å². The summed E-state index contributed by atoms with van der Waals surface area (Å²) in [6.07, 6.45) is 0.416. The van der Waals surface area contributed by atoms with Gasteiger partial charge >= 0.3 is 0 Å². The molecular formula is C17H19F2NO4S. The highest BCUT2D eigenvalue weighted by molar-refractivity contribution is 7.89. The molecule has 0 atom stereocenters. The van der Waals surface area contributed by atoms with Gasteiger partial charge in [-0.3, -0.25) is 0 Å². The van der Waals surface area contributed by atoms with E-state index < -0.39 is 21.7 Å². The molecule has 0 aromatic heterocycles. The Hall–Kier alpha value is -2.19. The maximum absolute atomic E-state index is 13.3. The second-order valence-corrected chi connectivity index (χ2v) is 7.39. The SMILES string of the molecule is COc1ccc(CCN(C)S(=O)(=O)c2ccc(F)c(F)c2)cc1OC. The number of halogens is 2. The van der Waals surface area contributed by atoms with E-state index in [1.807, 2.05) is 0 Å². The molecule has 2 aromatic rings. The zero-order valence-electron chi connectivity index (χ0n) is 14.1. The largest absolute Gasteiger partial charge is 0.493 e. The maximum atomic E-state index is 13.3. The van der Waals surface area contributed by atoms with Crippen LogP contribution in [0, 0.1) is 11.6 Å². The van der Waals surface area contributed by atoms with Gasteiger partial charge in [-0.25, -0.2) is 21.5 Å². The minimum Gasteiger partial charge on any atom is -0.493 e. The van der Waals surface area contributed by atoms with Crippen molar-refractivity contribution < 1.29 is 26.7 Å². The Balaban J connectivity index is 2.13. The Morgan fingerprint density at radius 2 is 1.64 bits per heavy atom. The minimum absolute atomic E-state index is 0.164. The van der Waals surface area contributed by atoms with Crippen LogP contribution in [0.4, 0.5) is 8.78 Å². The molecule has 8 heteroatoms. The Morgan fingerprint density at radius 3 is 2.24 bits per heavy atom. The lowest BCUT2D eigenvalue weighted by Crippen LogP contribution is -2.29. The summed E-state index contributed by atoms with van der Waals surface area (Å²) in [7, 11) is 0.523. The summed E-state index contributed by atoms with van der Waals surface area (Å²) in [5.74, 6) is -1.17. The summed E-state index contributed by atoms with van der Waals surface area (Å²) >= 11 is 0. The molecule has 0 N–H and O–H groups in total. The Morgan fingerprint density at radius 1 is 0.960 bits per heavy atom. The number of ether oxygens (including phenoxy) is 2. The van der Waals surface area contributed by atoms with Crippen LogP contribution >= 0.6 is 0 Å². The highest BCUT2D eigenvalue weighted by Crippen LogP contribution is 2.28. The van der Waals surface area contributed by atoms with E-state index in [9.17, 15) is 17.2 Å². The van der Waals surface area contributed by atoms with Crippen molar-refractivity contribution >= 4 is 10.0 Å². The van der Waals surface area contributed by atoms with Crippen molar-refractivity contribution in [2.24, 2.45) is 0 Å². The van der Waals surface area contributed by atoms with Gasteiger partial charge in [-0.15, -0.1) is 0 Å². The number of methoxy groups -OCH3 is 2. The zero-order valence-corrected chi connectivity index (χ0v) is 14.9. The molecule has 0 radical (unpaired) electrons. The molecule has 2 aromatic carbocycles. The molecule has 0 heterocycles. The lowest BCUT2D eigenvalue weighted by atomic mass is 10.1. The molecule has 0 unspecified atom stereocenters. The molecule has 0 saturated heterocycles. The number of benzene rings is 2. The summed E-state index contributed by atoms with van der Waals surface area (Å²) in [5, 5.41) is 0. The molecule has 0 bridgehead atoms. The number of hydrogen-bond donors (Lipinski definition) is 0. The summed E-state index contributed by atoms with van der Waals surface area (Å²) in [6, 6.07) is 7.82. The Labute approximate surface area is 145 Å². The molecule has 0 fully saturated rings. The topological polar surface area (TPSA) is 55.8 Å². The van der Waals surface area contributed by atoms with Gasteiger partial charge in [-0.2, -0.15) is 0 Å². The van der Waals surface area contributed by atoms with Gasteiger partial charge in [0.2, 0.25) is 10.0 Å². The van der Waals surface area contributed by atoms with E-state index in [0.29, 0.717) is 24.0 Å². The third-order valence-electron chi connectivity index (χ3n) is 3.76. The van der Waals surface area contributed by atoms with Gasteiger partial charge < -0.3 is 9.47 Å². The fraction of sp³-hybridized carbons (Fsp3) is 0.294. The van der Waals surface area contributed by atoms with Crippen LogP contribution in [-0.4, -0.2) is 40.5 Å². The van der Waals surface area contributed by atoms with Crippen molar-refractivity contribution in [1.82, 2.24) is 4.31 Å². The number of sulfonamides is 1. The summed E-state index contributed by atoms with van der Waals surface area (Å²) in [5.41, 5.74) is 0.852. The normalized spacial score (nSPS) is 11.6. The van der Waals surface area contributed by atoms with E-state index in [1.165, 1.54) is 21.3 Å². The van der Waals surface area contributed by atoms with Gasteiger partial charge in [0.05, 0.1) is 19.1 Å². The van der Waals surface area contributed by atoms with Crippen LogP contribution in [0.2, 0.25) is 0 Å². The van der Waals surface area contributed by atoms with Gasteiger partial charge in [0.25, 0.3) is 0 Å². The van der Waals surface area contributed by atoms with Gasteiger partial charge in [0.15, 0.2) is 23.1 Å². The molecule has 0 spiro atoms. The van der Waals surface area contributed by atoms with Crippen LogP contribution in [-0.2, 0) is 16.4 Å². The first-order chi connectivity index (χ1) is 11.8. The van der Waals surface area contributed by atoms with Crippen LogP contribution in [0.15, 0.2) is 41.3 Å². The van der Waals surface area contributed by atoms with Gasteiger partial charge in [-0.05, 0) is 42.3 Å². The first-order valence-electron chi connectivity index (χ1n) is 7.42. The molecule has 5 nitrogen and oxygen atoms in total. The first-order valence-corrected chi connectivity index (χ1v) is 8.86. The number of likely N-dealkylation sites (N-methyl/N-ethyl adjacent to an activating group) is 1. The summed E-state index contributed by atoms with van der Waals surface area (Å²) in [6.45, 7) is 0.164. The fourth-order valence-corrected chi connectivity index (χ4v) is 3.44. The third-order valence-corrected chi connectivity index (χ3v) is 5.62. The van der Waals surface area contributed by atoms with Crippen LogP contribution in [0.5, 0.6) is 11.5 Å². The highest BCUT2D eigenvalue weighted by Gasteiger charge is 2.22. The molecule has 0 amide bonds. The molecule has 0 aliphatic heterocycles. The van der Waals surface area contributed by atoms with Crippen LogP contribution in [0.25, 0.3) is 0 Å². The van der Waals surface area contributed by atoms with Crippen molar-refractivity contribution in [3.05, 3.63) is 53.6 Å². The van der Waals surface area contributed by atoms with E-state index in [4.69, 9.17) is 9.47 Å². The number of hydrogen-bond acceptors (Lipinski definition) is 4. The number of nitrogens with zero attached hydrogens (tertiary/aromatic N) is 1. The Bertz CT molecular complexity index is 856. The summed E-state index contributed by atoms with van der Waals surface area (Å²) in [4.78, 5) is -0.291.